The Hall–Kier alpha value is -2.26. The van der Waals surface area contributed by atoms with Gasteiger partial charge in [-0.2, -0.15) is 0 Å². The molecule has 0 heterocycles. The lowest BCUT2D eigenvalue weighted by molar-refractivity contribution is -0.418. The van der Waals surface area contributed by atoms with Crippen molar-refractivity contribution >= 4 is 17.7 Å². The fraction of sp³-hybridized carbons (Fsp3) is 0.294. The van der Waals surface area contributed by atoms with Gasteiger partial charge in [-0.15, -0.1) is 0 Å². The zero-order valence-corrected chi connectivity index (χ0v) is 15.5. The lowest BCUT2D eigenvalue weighted by Crippen LogP contribution is -2.17. The molecule has 1 atom stereocenters. The summed E-state index contributed by atoms with van der Waals surface area (Å²) in [6.45, 7) is 4.74. The molecule has 26 heavy (non-hydrogen) atoms. The predicted molar refractivity (Wildman–Crippen MR) is 101 cm³/mol. The number of aliphatic hydroxyl groups is 1. The van der Waals surface area contributed by atoms with Gasteiger partial charge in [0.15, 0.2) is 9.84 Å². The second-order valence-electron chi connectivity index (χ2n) is 5.97. The topological polar surface area (TPSA) is 97.5 Å². The van der Waals surface area contributed by atoms with Crippen LogP contribution < -0.4 is 0 Å². The van der Waals surface area contributed by atoms with E-state index in [2.05, 4.69) is 6.58 Å². The average Bonchev–Trinajstić information content (AvgIpc) is 2.54. The summed E-state index contributed by atoms with van der Waals surface area (Å²) in [5.74, 6) is -1.37. The first kappa shape index (κ1) is 21.8. The van der Waals surface area contributed by atoms with Gasteiger partial charge >= 0.3 is 0 Å². The molecular weight excluding hydrogens is 360 g/mol. The van der Waals surface area contributed by atoms with E-state index < -0.39 is 26.4 Å². The Morgan fingerprint density at radius 1 is 1.50 bits per heavy atom. The van der Waals surface area contributed by atoms with Crippen LogP contribution in [0.3, 0.4) is 0 Å². The first-order valence-electron chi connectivity index (χ1n) is 7.89. The van der Waals surface area contributed by atoms with E-state index in [1.165, 1.54) is 12.1 Å². The number of nitrogens with zero attached hydrogens (tertiary/aromatic N) is 1. The Labute approximate surface area is 153 Å². The van der Waals surface area contributed by atoms with Crippen LogP contribution in [0.1, 0.15) is 12.5 Å². The Kier molecular flexibility index (Phi) is 7.91. The number of sulfone groups is 1. The second kappa shape index (κ2) is 9.44. The van der Waals surface area contributed by atoms with Crippen LogP contribution in [0, 0.1) is 15.9 Å². The number of nitro groups is 1. The molecular formula is C17H21BFNO5S. The summed E-state index contributed by atoms with van der Waals surface area (Å²) in [6.07, 6.45) is 4.42. The Morgan fingerprint density at radius 3 is 2.69 bits per heavy atom. The minimum absolute atomic E-state index is 0.0168. The van der Waals surface area contributed by atoms with E-state index in [0.717, 1.165) is 12.1 Å². The van der Waals surface area contributed by atoms with E-state index in [0.29, 0.717) is 5.57 Å². The van der Waals surface area contributed by atoms with Crippen LogP contribution in [0.5, 0.6) is 0 Å². The maximum Gasteiger partial charge on any atom is 0.262 e. The van der Waals surface area contributed by atoms with E-state index in [-0.39, 0.29) is 34.9 Å². The molecule has 0 fully saturated rings. The van der Waals surface area contributed by atoms with E-state index >= 15 is 0 Å². The van der Waals surface area contributed by atoms with Crippen LogP contribution in [-0.2, 0) is 16.3 Å². The van der Waals surface area contributed by atoms with Gasteiger partial charge in [0.2, 0.25) is 0 Å². The number of hydrogen-bond acceptors (Lipinski definition) is 5. The molecule has 0 aromatic heterocycles. The van der Waals surface area contributed by atoms with Crippen LogP contribution >= 0.6 is 0 Å². The highest BCUT2D eigenvalue weighted by Crippen LogP contribution is 2.24. The number of halogens is 1. The third-order valence-electron chi connectivity index (χ3n) is 3.54. The molecule has 0 spiro atoms. The summed E-state index contributed by atoms with van der Waals surface area (Å²) in [5.41, 5.74) is 0.259. The fourth-order valence-corrected chi connectivity index (χ4v) is 4.21. The van der Waals surface area contributed by atoms with Crippen LogP contribution in [-0.4, -0.2) is 38.7 Å². The molecule has 1 N–H and O–H groups in total. The number of aliphatic hydroxyl groups excluding tert-OH is 1. The summed E-state index contributed by atoms with van der Waals surface area (Å²) in [6, 6.07) is 3.33. The highest BCUT2D eigenvalue weighted by molar-refractivity contribution is 7.91. The predicted octanol–water partition coefficient (Wildman–Crippen LogP) is 1.85. The molecule has 1 aromatic rings. The van der Waals surface area contributed by atoms with Crippen LogP contribution in [0.25, 0.3) is 0 Å². The van der Waals surface area contributed by atoms with Gasteiger partial charge in [-0.05, 0) is 55.1 Å². The summed E-state index contributed by atoms with van der Waals surface area (Å²) in [5, 5.41) is 19.9. The van der Waals surface area contributed by atoms with Gasteiger partial charge in [-0.3, -0.25) is 10.1 Å². The first-order chi connectivity index (χ1) is 12.1. The monoisotopic (exact) mass is 381 g/mol. The summed E-state index contributed by atoms with van der Waals surface area (Å²) in [7, 11) is -2.17. The molecule has 0 aliphatic heterocycles. The second-order valence-corrected chi connectivity index (χ2v) is 7.97. The van der Waals surface area contributed by atoms with Crippen LogP contribution in [0.4, 0.5) is 4.39 Å². The molecule has 0 aliphatic rings. The zero-order valence-electron chi connectivity index (χ0n) is 14.7. The molecule has 140 valence electrons. The maximum absolute atomic E-state index is 13.7. The van der Waals surface area contributed by atoms with Gasteiger partial charge in [0.05, 0.1) is 15.6 Å². The van der Waals surface area contributed by atoms with Crippen molar-refractivity contribution in [3.63, 3.8) is 0 Å². The van der Waals surface area contributed by atoms with Crippen molar-refractivity contribution in [2.24, 2.45) is 0 Å². The number of hydrogen-bond donors (Lipinski definition) is 1. The molecule has 0 radical (unpaired) electrons. The van der Waals surface area contributed by atoms with Crippen molar-refractivity contribution in [3.05, 3.63) is 75.8 Å². The number of rotatable bonds is 9. The van der Waals surface area contributed by atoms with Gasteiger partial charge in [0.1, 0.15) is 13.7 Å². The van der Waals surface area contributed by atoms with E-state index in [1.54, 1.807) is 26.9 Å². The van der Waals surface area contributed by atoms with Crippen molar-refractivity contribution in [1.82, 2.24) is 0 Å². The largest absolute Gasteiger partial charge is 0.397 e. The Bertz CT molecular complexity index is 849. The molecule has 0 saturated heterocycles. The Balaban J connectivity index is 3.37. The SMILES string of the molecule is B[C@@H](CO)CS(=O)(=O)c1ccc(F)cc1CC(/C=C\C)=C/C(=C)[N+](=O)[O-]. The summed E-state index contributed by atoms with van der Waals surface area (Å²) < 4.78 is 38.9. The van der Waals surface area contributed by atoms with Crippen molar-refractivity contribution in [2.75, 3.05) is 12.4 Å². The van der Waals surface area contributed by atoms with Crippen LogP contribution in [0.2, 0.25) is 5.82 Å². The van der Waals surface area contributed by atoms with Crippen molar-refractivity contribution in [2.45, 2.75) is 24.1 Å². The molecule has 1 rings (SSSR count). The quantitative estimate of drug-likeness (QED) is 0.232. The molecule has 0 saturated carbocycles. The lowest BCUT2D eigenvalue weighted by atomic mass is 9.91. The highest BCUT2D eigenvalue weighted by atomic mass is 32.2. The molecule has 0 unspecified atom stereocenters. The van der Waals surface area contributed by atoms with Crippen molar-refractivity contribution in [1.29, 1.82) is 0 Å². The first-order valence-corrected chi connectivity index (χ1v) is 9.54. The van der Waals surface area contributed by atoms with Gasteiger partial charge in [-0.25, -0.2) is 12.8 Å². The number of benzene rings is 1. The molecule has 0 amide bonds. The Morgan fingerprint density at radius 2 is 2.15 bits per heavy atom. The average molecular weight is 381 g/mol. The molecule has 0 bridgehead atoms. The normalized spacial score (nSPS) is 13.7. The highest BCUT2D eigenvalue weighted by Gasteiger charge is 2.22. The molecule has 9 heteroatoms. The number of allylic oxidation sites excluding steroid dienone is 4. The molecule has 1 aromatic carbocycles. The van der Waals surface area contributed by atoms with Crippen LogP contribution in [0.15, 0.2) is 59.2 Å². The standard InChI is InChI=1S/C17H21BFNO5S/c1-3-4-13(7-12(2)20(22)23)8-14-9-16(19)5-6-17(14)26(24,25)11-15(18)10-21/h3-7,9,15,21H,2,8,10-11,18H2,1H3/b4-3-,13-7+/t15-/m0/s1. The van der Waals surface area contributed by atoms with E-state index in [9.17, 15) is 22.9 Å². The van der Waals surface area contributed by atoms with Gasteiger partial charge < -0.3 is 5.11 Å². The van der Waals surface area contributed by atoms with Crippen molar-refractivity contribution in [3.8, 4) is 0 Å². The fourth-order valence-electron chi connectivity index (χ4n) is 2.37. The maximum atomic E-state index is 13.7. The van der Waals surface area contributed by atoms with Gasteiger partial charge in [0, 0.05) is 12.7 Å². The molecule has 0 aliphatic carbocycles. The van der Waals surface area contributed by atoms with E-state index in [4.69, 9.17) is 5.11 Å². The minimum atomic E-state index is -3.76. The van der Waals surface area contributed by atoms with Crippen molar-refractivity contribution < 1.29 is 22.8 Å². The van der Waals surface area contributed by atoms with Gasteiger partial charge in [-0.1, -0.05) is 12.2 Å². The third-order valence-corrected chi connectivity index (χ3v) is 5.61. The molecule has 6 nitrogen and oxygen atoms in total. The lowest BCUT2D eigenvalue weighted by Gasteiger charge is -2.14. The minimum Gasteiger partial charge on any atom is -0.397 e. The zero-order chi connectivity index (χ0) is 19.9. The summed E-state index contributed by atoms with van der Waals surface area (Å²) >= 11 is 0. The van der Waals surface area contributed by atoms with E-state index in [1.807, 2.05) is 0 Å². The van der Waals surface area contributed by atoms with Gasteiger partial charge in [0.25, 0.3) is 5.70 Å². The smallest absolute Gasteiger partial charge is 0.262 e. The third kappa shape index (κ3) is 6.23. The summed E-state index contributed by atoms with van der Waals surface area (Å²) in [4.78, 5) is 10.1.